The number of rotatable bonds is 5. The van der Waals surface area contributed by atoms with Gasteiger partial charge in [0.05, 0.1) is 26.1 Å². The fourth-order valence-electron chi connectivity index (χ4n) is 3.36. The van der Waals surface area contributed by atoms with Crippen LogP contribution in [0.5, 0.6) is 5.75 Å². The Hall–Kier alpha value is -3.28. The summed E-state index contributed by atoms with van der Waals surface area (Å²) in [5, 5.41) is 23.3. The number of aliphatic hydroxyl groups excluding tert-OH is 2. The Kier molecular flexibility index (Phi) is 5.01. The van der Waals surface area contributed by atoms with Crippen LogP contribution in [0.25, 0.3) is 11.2 Å². The first-order chi connectivity index (χ1) is 14.0. The molecule has 2 unspecified atom stereocenters. The molecule has 1 amide bonds. The molecule has 5 N–H and O–H groups in total. The molecular weight excluding hydrogens is 380 g/mol. The second kappa shape index (κ2) is 7.62. The number of nitrogens with zero attached hydrogens (tertiary/aromatic N) is 4. The van der Waals surface area contributed by atoms with E-state index in [0.717, 1.165) is 0 Å². The molecule has 1 fully saturated rings. The number of imidazole rings is 1. The van der Waals surface area contributed by atoms with Crippen molar-refractivity contribution in [2.24, 2.45) is 0 Å². The zero-order valence-corrected chi connectivity index (χ0v) is 15.5. The number of nitrogens with two attached hydrogens (primary N) is 1. The Morgan fingerprint density at radius 1 is 1.38 bits per heavy atom. The number of ether oxygens (including phenoxy) is 2. The van der Waals surface area contributed by atoms with E-state index in [1.54, 1.807) is 24.3 Å². The van der Waals surface area contributed by atoms with Crippen molar-refractivity contribution in [1.82, 2.24) is 24.8 Å². The number of nitrogen functional groups attached to an aromatic ring is 1. The highest BCUT2D eigenvalue weighted by molar-refractivity contribution is 5.94. The van der Waals surface area contributed by atoms with Gasteiger partial charge in [-0.15, -0.1) is 0 Å². The van der Waals surface area contributed by atoms with Gasteiger partial charge in [0, 0.05) is 5.56 Å². The summed E-state index contributed by atoms with van der Waals surface area (Å²) >= 11 is 0. The van der Waals surface area contributed by atoms with Gasteiger partial charge in [-0.1, -0.05) is 6.07 Å². The number of hydrogen-bond donors (Lipinski definition) is 4. The van der Waals surface area contributed by atoms with Crippen molar-refractivity contribution < 1.29 is 24.5 Å². The molecule has 0 saturated carbocycles. The van der Waals surface area contributed by atoms with Crippen molar-refractivity contribution >= 4 is 22.9 Å². The van der Waals surface area contributed by atoms with E-state index in [1.165, 1.54) is 24.3 Å². The molecule has 0 radical (unpaired) electrons. The van der Waals surface area contributed by atoms with Crippen LogP contribution in [0.1, 0.15) is 16.6 Å². The number of benzene rings is 1. The second-order valence-corrected chi connectivity index (χ2v) is 6.55. The zero-order chi connectivity index (χ0) is 20.5. The molecule has 1 aliphatic heterocycles. The van der Waals surface area contributed by atoms with Gasteiger partial charge >= 0.3 is 0 Å². The van der Waals surface area contributed by atoms with Crippen LogP contribution in [0.2, 0.25) is 0 Å². The van der Waals surface area contributed by atoms with Gasteiger partial charge in [0.15, 0.2) is 17.7 Å². The predicted octanol–water partition coefficient (Wildman–Crippen LogP) is -0.534. The Balaban J connectivity index is 1.59. The molecule has 3 heterocycles. The normalized spacial score (nSPS) is 24.0. The number of anilines is 1. The lowest BCUT2D eigenvalue weighted by Gasteiger charge is -2.21. The number of amides is 1. The molecule has 0 spiro atoms. The molecule has 3 aromatic rings. The quantitative estimate of drug-likeness (QED) is 0.442. The predicted molar refractivity (Wildman–Crippen MR) is 101 cm³/mol. The Bertz CT molecular complexity index is 1040. The van der Waals surface area contributed by atoms with Crippen LogP contribution >= 0.6 is 0 Å². The summed E-state index contributed by atoms with van der Waals surface area (Å²) in [4.78, 5) is 24.8. The van der Waals surface area contributed by atoms with Gasteiger partial charge < -0.3 is 30.7 Å². The average molecular weight is 400 g/mol. The van der Waals surface area contributed by atoms with Gasteiger partial charge in [-0.25, -0.2) is 15.0 Å². The minimum atomic E-state index is -1.17. The standard InChI is InChI=1S/C18H20N6O5/c1-28-10-4-2-3-9(5-10)17(27)23-12-11(6-25)29-18(14(12)26)24-8-22-13-15(19)20-7-21-16(13)24/h2-5,7-8,11-12,14,18,25-26H,6H2,1H3,(H,23,27)(H2,19,20,21)/t11-,12?,14?,18-/m1/s1. The summed E-state index contributed by atoms with van der Waals surface area (Å²) < 4.78 is 12.4. The molecule has 152 valence electrons. The summed E-state index contributed by atoms with van der Waals surface area (Å²) in [6.45, 7) is -0.402. The third kappa shape index (κ3) is 3.35. The minimum absolute atomic E-state index is 0.197. The molecule has 4 atom stereocenters. The highest BCUT2D eigenvalue weighted by Gasteiger charge is 2.45. The largest absolute Gasteiger partial charge is 0.497 e. The van der Waals surface area contributed by atoms with Gasteiger partial charge in [0.2, 0.25) is 0 Å². The Morgan fingerprint density at radius 2 is 2.21 bits per heavy atom. The molecule has 1 aromatic carbocycles. The number of methoxy groups -OCH3 is 1. The number of fused-ring (bicyclic) bond motifs is 1. The average Bonchev–Trinajstić information content (AvgIpc) is 3.30. The molecule has 11 nitrogen and oxygen atoms in total. The number of hydrogen-bond acceptors (Lipinski definition) is 9. The molecule has 2 aromatic heterocycles. The lowest BCUT2D eigenvalue weighted by Crippen LogP contribution is -2.48. The number of aromatic nitrogens is 4. The van der Waals surface area contributed by atoms with Crippen molar-refractivity contribution in [1.29, 1.82) is 0 Å². The van der Waals surface area contributed by atoms with E-state index in [2.05, 4.69) is 20.3 Å². The van der Waals surface area contributed by atoms with E-state index in [4.69, 9.17) is 15.2 Å². The van der Waals surface area contributed by atoms with Crippen LogP contribution in [0.3, 0.4) is 0 Å². The van der Waals surface area contributed by atoms with Crippen LogP contribution in [0.4, 0.5) is 5.82 Å². The summed E-state index contributed by atoms with van der Waals surface area (Å²) in [5.74, 6) is 0.292. The highest BCUT2D eigenvalue weighted by Crippen LogP contribution is 2.32. The molecule has 11 heteroatoms. The Morgan fingerprint density at radius 3 is 2.97 bits per heavy atom. The fourth-order valence-corrected chi connectivity index (χ4v) is 3.36. The van der Waals surface area contributed by atoms with Crippen molar-refractivity contribution in [2.75, 3.05) is 19.5 Å². The third-order valence-corrected chi connectivity index (χ3v) is 4.85. The maximum absolute atomic E-state index is 12.7. The number of carbonyl (C=O) groups is 1. The molecule has 1 aliphatic rings. The lowest BCUT2D eigenvalue weighted by atomic mass is 10.1. The topological polar surface area (TPSA) is 158 Å². The van der Waals surface area contributed by atoms with Crippen LogP contribution in [-0.4, -0.2) is 67.6 Å². The first kappa shape index (κ1) is 19.1. The van der Waals surface area contributed by atoms with Gasteiger partial charge in [-0.3, -0.25) is 9.36 Å². The Labute approximate surface area is 165 Å². The molecule has 4 rings (SSSR count). The summed E-state index contributed by atoms with van der Waals surface area (Å²) in [7, 11) is 1.50. The van der Waals surface area contributed by atoms with Gasteiger partial charge in [0.1, 0.15) is 29.8 Å². The van der Waals surface area contributed by atoms with Crippen LogP contribution in [0, 0.1) is 0 Å². The SMILES string of the molecule is COc1cccc(C(=O)NC2C(O)[C@H](n3cnc4c(N)ncnc43)O[C@@H]2CO)c1. The lowest BCUT2D eigenvalue weighted by molar-refractivity contribution is -0.0489. The van der Waals surface area contributed by atoms with Crippen LogP contribution < -0.4 is 15.8 Å². The number of carbonyl (C=O) groups excluding carboxylic acids is 1. The van der Waals surface area contributed by atoms with E-state index in [0.29, 0.717) is 22.5 Å². The highest BCUT2D eigenvalue weighted by atomic mass is 16.5. The molecule has 1 saturated heterocycles. The zero-order valence-electron chi connectivity index (χ0n) is 15.5. The maximum atomic E-state index is 12.7. The van der Waals surface area contributed by atoms with Gasteiger partial charge in [0.25, 0.3) is 5.91 Å². The molecule has 29 heavy (non-hydrogen) atoms. The first-order valence-electron chi connectivity index (χ1n) is 8.85. The summed E-state index contributed by atoms with van der Waals surface area (Å²) in [6.07, 6.45) is -0.230. The third-order valence-electron chi connectivity index (χ3n) is 4.85. The van der Waals surface area contributed by atoms with E-state index < -0.39 is 37.0 Å². The maximum Gasteiger partial charge on any atom is 0.251 e. The molecule has 0 bridgehead atoms. The summed E-state index contributed by atoms with van der Waals surface area (Å²) in [5.41, 5.74) is 6.89. The molecule has 0 aliphatic carbocycles. The van der Waals surface area contributed by atoms with E-state index in [1.807, 2.05) is 0 Å². The van der Waals surface area contributed by atoms with Crippen molar-refractivity contribution in [3.8, 4) is 5.75 Å². The van der Waals surface area contributed by atoms with E-state index in [9.17, 15) is 15.0 Å². The van der Waals surface area contributed by atoms with Gasteiger partial charge in [-0.2, -0.15) is 0 Å². The number of aliphatic hydroxyl groups is 2. The van der Waals surface area contributed by atoms with Crippen molar-refractivity contribution in [3.63, 3.8) is 0 Å². The monoisotopic (exact) mass is 400 g/mol. The number of nitrogens with one attached hydrogen (secondary N) is 1. The first-order valence-corrected chi connectivity index (χ1v) is 8.85. The smallest absolute Gasteiger partial charge is 0.251 e. The minimum Gasteiger partial charge on any atom is -0.497 e. The van der Waals surface area contributed by atoms with Gasteiger partial charge in [-0.05, 0) is 18.2 Å². The fraction of sp³-hybridized carbons (Fsp3) is 0.333. The van der Waals surface area contributed by atoms with Crippen LogP contribution in [0.15, 0.2) is 36.9 Å². The van der Waals surface area contributed by atoms with E-state index in [-0.39, 0.29) is 5.82 Å². The van der Waals surface area contributed by atoms with Crippen LogP contribution in [-0.2, 0) is 4.74 Å². The van der Waals surface area contributed by atoms with E-state index >= 15 is 0 Å². The summed E-state index contributed by atoms with van der Waals surface area (Å²) in [6, 6.07) is 5.73. The van der Waals surface area contributed by atoms with Crippen molar-refractivity contribution in [3.05, 3.63) is 42.5 Å². The van der Waals surface area contributed by atoms with Crippen molar-refractivity contribution in [2.45, 2.75) is 24.5 Å². The second-order valence-electron chi connectivity index (χ2n) is 6.55. The molecular formula is C18H20N6O5.